The van der Waals surface area contributed by atoms with Crippen LogP contribution in [0.15, 0.2) is 0 Å². The lowest BCUT2D eigenvalue weighted by atomic mass is 9.85. The lowest BCUT2D eigenvalue weighted by Crippen LogP contribution is -2.63. The first kappa shape index (κ1) is 10.8. The van der Waals surface area contributed by atoms with E-state index in [-0.39, 0.29) is 13.0 Å². The maximum absolute atomic E-state index is 11.5. The van der Waals surface area contributed by atoms with E-state index in [2.05, 4.69) is 0 Å². The maximum atomic E-state index is 11.5. The predicted molar refractivity (Wildman–Crippen MR) is 42.8 cm³/mol. The molecule has 1 atom stereocenters. The van der Waals surface area contributed by atoms with Crippen molar-refractivity contribution < 1.29 is 25.1 Å². The second-order valence-electron chi connectivity index (χ2n) is 3.81. The van der Waals surface area contributed by atoms with Gasteiger partial charge in [0.15, 0.2) is 0 Å². The second-order valence-corrected chi connectivity index (χ2v) is 3.81. The molecular formula is C7H15NO5. The molecule has 0 aromatic heterocycles. The minimum absolute atomic E-state index is 0.0336. The lowest BCUT2D eigenvalue weighted by molar-refractivity contribution is -0.963. The van der Waals surface area contributed by atoms with E-state index in [1.54, 1.807) is 0 Å². The summed E-state index contributed by atoms with van der Waals surface area (Å²) in [5.74, 6) is -2.61. The number of rotatable bonds is 2. The van der Waals surface area contributed by atoms with E-state index >= 15 is 0 Å². The largest absolute Gasteiger partial charge is 0.629 e. The third kappa shape index (κ3) is 1.18. The summed E-state index contributed by atoms with van der Waals surface area (Å²) >= 11 is 0. The van der Waals surface area contributed by atoms with Gasteiger partial charge in [-0.2, -0.15) is 0 Å². The number of likely N-dealkylation sites (tertiary alicyclic amines) is 1. The molecule has 1 aliphatic heterocycles. The van der Waals surface area contributed by atoms with E-state index in [0.717, 1.165) is 7.05 Å². The molecule has 1 saturated heterocycles. The Morgan fingerprint density at radius 3 is 1.92 bits per heavy atom. The highest BCUT2D eigenvalue weighted by molar-refractivity contribution is 4.90. The molecule has 6 heteroatoms. The van der Waals surface area contributed by atoms with Gasteiger partial charge in [-0.25, -0.2) is 0 Å². The van der Waals surface area contributed by atoms with Gasteiger partial charge >= 0.3 is 5.91 Å². The first-order chi connectivity index (χ1) is 5.83. The summed E-state index contributed by atoms with van der Waals surface area (Å²) in [4.78, 5) is 0. The van der Waals surface area contributed by atoms with Gasteiger partial charge in [-0.05, 0) is 0 Å². The molecule has 13 heavy (non-hydrogen) atoms. The number of hydrogen-bond donors (Lipinski definition) is 4. The van der Waals surface area contributed by atoms with Crippen molar-refractivity contribution in [2.45, 2.75) is 12.3 Å². The average Bonchev–Trinajstić information content (AvgIpc) is 2.22. The summed E-state index contributed by atoms with van der Waals surface area (Å²) < 4.78 is -1.27. The van der Waals surface area contributed by atoms with Crippen molar-refractivity contribution in [3.8, 4) is 0 Å². The van der Waals surface area contributed by atoms with E-state index in [9.17, 15) is 15.4 Å². The Balaban J connectivity index is 3.05. The highest BCUT2D eigenvalue weighted by Gasteiger charge is 2.64. The van der Waals surface area contributed by atoms with Gasteiger partial charge in [0.25, 0.3) is 0 Å². The fraction of sp³-hybridized carbons (Fsp3) is 1.00. The predicted octanol–water partition coefficient (Wildman–Crippen LogP) is -2.06. The number of aliphatic hydroxyl groups excluding tert-OH is 2. The third-order valence-corrected chi connectivity index (χ3v) is 2.99. The molecule has 0 bridgehead atoms. The third-order valence-electron chi connectivity index (χ3n) is 2.99. The molecule has 1 rings (SSSR count). The highest BCUT2D eigenvalue weighted by Crippen LogP contribution is 2.45. The lowest BCUT2D eigenvalue weighted by Gasteiger charge is -2.46. The van der Waals surface area contributed by atoms with Crippen molar-refractivity contribution in [2.24, 2.45) is 5.41 Å². The van der Waals surface area contributed by atoms with Crippen LogP contribution in [0.5, 0.6) is 0 Å². The minimum Gasteiger partial charge on any atom is -0.629 e. The van der Waals surface area contributed by atoms with Gasteiger partial charge in [0, 0.05) is 6.42 Å². The first-order valence-electron chi connectivity index (χ1n) is 4.06. The van der Waals surface area contributed by atoms with E-state index < -0.39 is 29.2 Å². The minimum atomic E-state index is -2.61. The smallest absolute Gasteiger partial charge is 0.324 e. The van der Waals surface area contributed by atoms with Crippen LogP contribution in [0, 0.1) is 10.6 Å². The van der Waals surface area contributed by atoms with Gasteiger partial charge < -0.3 is 30.3 Å². The van der Waals surface area contributed by atoms with E-state index in [1.807, 2.05) is 0 Å². The summed E-state index contributed by atoms with van der Waals surface area (Å²) in [5.41, 5.74) is -1.51. The molecule has 0 amide bonds. The van der Waals surface area contributed by atoms with Crippen LogP contribution in [0.2, 0.25) is 0 Å². The molecule has 6 nitrogen and oxygen atoms in total. The SMILES string of the molecule is C[N+]1([O-])CCC(CO)(CO)C1(O)O. The molecule has 78 valence electrons. The van der Waals surface area contributed by atoms with Gasteiger partial charge in [0.05, 0.1) is 26.8 Å². The van der Waals surface area contributed by atoms with Gasteiger partial charge in [0.2, 0.25) is 0 Å². The molecule has 4 N–H and O–H groups in total. The molecule has 0 aliphatic carbocycles. The topological polar surface area (TPSA) is 104 Å². The van der Waals surface area contributed by atoms with E-state index in [1.165, 1.54) is 0 Å². The monoisotopic (exact) mass is 193 g/mol. The molecule has 0 saturated carbocycles. The molecule has 0 aromatic carbocycles. The van der Waals surface area contributed by atoms with Crippen LogP contribution < -0.4 is 0 Å². The Morgan fingerprint density at radius 2 is 1.77 bits per heavy atom. The van der Waals surface area contributed by atoms with Crippen molar-refractivity contribution >= 4 is 0 Å². The molecule has 1 unspecified atom stereocenters. The maximum Gasteiger partial charge on any atom is 0.324 e. The van der Waals surface area contributed by atoms with Gasteiger partial charge in [-0.15, -0.1) is 0 Å². The van der Waals surface area contributed by atoms with Crippen molar-refractivity contribution in [3.63, 3.8) is 0 Å². The van der Waals surface area contributed by atoms with Crippen LogP contribution in [0.1, 0.15) is 6.42 Å². The second kappa shape index (κ2) is 2.88. The summed E-state index contributed by atoms with van der Waals surface area (Å²) in [6, 6.07) is 0. The molecule has 0 aromatic rings. The van der Waals surface area contributed by atoms with E-state index in [4.69, 9.17) is 10.2 Å². The van der Waals surface area contributed by atoms with Crippen molar-refractivity contribution in [1.29, 1.82) is 0 Å². The zero-order valence-electron chi connectivity index (χ0n) is 7.47. The summed E-state index contributed by atoms with van der Waals surface area (Å²) in [5, 5.41) is 48.5. The number of quaternary nitrogens is 1. The van der Waals surface area contributed by atoms with Crippen LogP contribution in [-0.4, -0.2) is 57.8 Å². The molecule has 1 aliphatic rings. The Hall–Kier alpha value is -0.240. The Kier molecular flexibility index (Phi) is 2.40. The summed E-state index contributed by atoms with van der Waals surface area (Å²) in [6.07, 6.45) is 0.0903. The van der Waals surface area contributed by atoms with Crippen molar-refractivity contribution in [2.75, 3.05) is 26.8 Å². The fourth-order valence-electron chi connectivity index (χ4n) is 1.67. The summed E-state index contributed by atoms with van der Waals surface area (Å²) in [7, 11) is 1.10. The van der Waals surface area contributed by atoms with Crippen molar-refractivity contribution in [1.82, 2.24) is 0 Å². The number of hydroxylamine groups is 3. The number of aliphatic hydroxyl groups is 4. The molecular weight excluding hydrogens is 178 g/mol. The summed E-state index contributed by atoms with van der Waals surface area (Å²) in [6.45, 7) is -1.27. The normalized spacial score (nSPS) is 36.5. The van der Waals surface area contributed by atoms with Gasteiger partial charge in [-0.1, -0.05) is 0 Å². The molecule has 0 spiro atoms. The van der Waals surface area contributed by atoms with Gasteiger partial charge in [-0.3, -0.25) is 0 Å². The van der Waals surface area contributed by atoms with Crippen LogP contribution in [0.25, 0.3) is 0 Å². The standard InChI is InChI=1S/C7H15NO5/c1-8(13)3-2-6(4-9,5-10)7(8,11)12/h9-12H,2-5H2,1H3. The van der Waals surface area contributed by atoms with Crippen LogP contribution >= 0.6 is 0 Å². The Morgan fingerprint density at radius 1 is 1.31 bits per heavy atom. The molecule has 0 radical (unpaired) electrons. The quantitative estimate of drug-likeness (QED) is 0.229. The zero-order valence-corrected chi connectivity index (χ0v) is 7.47. The van der Waals surface area contributed by atoms with Crippen LogP contribution in [-0.2, 0) is 0 Å². The van der Waals surface area contributed by atoms with Crippen LogP contribution in [0.4, 0.5) is 0 Å². The van der Waals surface area contributed by atoms with Crippen molar-refractivity contribution in [3.05, 3.63) is 5.21 Å². The Labute approximate surface area is 75.8 Å². The fourth-order valence-corrected chi connectivity index (χ4v) is 1.67. The zero-order chi connectivity index (χ0) is 10.3. The highest BCUT2D eigenvalue weighted by atomic mass is 16.7. The first-order valence-corrected chi connectivity index (χ1v) is 4.06. The number of nitrogens with zero attached hydrogens (tertiary/aromatic N) is 1. The average molecular weight is 193 g/mol. The number of hydrogen-bond acceptors (Lipinski definition) is 5. The molecule has 1 fully saturated rings. The molecule has 1 heterocycles. The Bertz CT molecular complexity index is 199. The van der Waals surface area contributed by atoms with E-state index in [0.29, 0.717) is 0 Å². The van der Waals surface area contributed by atoms with Crippen LogP contribution in [0.3, 0.4) is 0 Å². The van der Waals surface area contributed by atoms with Gasteiger partial charge in [0.1, 0.15) is 5.41 Å².